The maximum atomic E-state index is 12.8. The van der Waals surface area contributed by atoms with Crippen LogP contribution in [0.15, 0.2) is 59.1 Å². The molecule has 1 heterocycles. The average molecular weight is 391 g/mol. The van der Waals surface area contributed by atoms with Crippen molar-refractivity contribution in [3.8, 4) is 0 Å². The number of halogens is 2. The minimum atomic E-state index is -0.481. The fourth-order valence-electron chi connectivity index (χ4n) is 2.31. The summed E-state index contributed by atoms with van der Waals surface area (Å²) in [6.07, 6.45) is 2.35. The summed E-state index contributed by atoms with van der Waals surface area (Å²) in [4.78, 5) is 37.6. The zero-order valence-corrected chi connectivity index (χ0v) is 14.0. The molecule has 0 unspecified atom stereocenters. The van der Waals surface area contributed by atoms with Crippen molar-refractivity contribution in [2.24, 2.45) is 0 Å². The van der Waals surface area contributed by atoms with E-state index >= 15 is 0 Å². The fourth-order valence-corrected chi connectivity index (χ4v) is 2.90. The Kier molecular flexibility index (Phi) is 4.15. The third-order valence-electron chi connectivity index (χ3n) is 3.37. The second-order valence-corrected chi connectivity index (χ2v) is 6.14. The Bertz CT molecular complexity index is 858. The van der Waals surface area contributed by atoms with Crippen LogP contribution in [0, 0.1) is 0 Å². The molecule has 6 heteroatoms. The molecule has 0 bridgehead atoms. The molecule has 1 aliphatic heterocycles. The highest BCUT2D eigenvalue weighted by Gasteiger charge is 2.29. The van der Waals surface area contributed by atoms with Gasteiger partial charge in [-0.2, -0.15) is 0 Å². The second-order valence-electron chi connectivity index (χ2n) is 4.82. The molecule has 23 heavy (non-hydrogen) atoms. The molecule has 0 radical (unpaired) electrons. The van der Waals surface area contributed by atoms with Gasteiger partial charge in [-0.05, 0) is 30.3 Å². The summed E-state index contributed by atoms with van der Waals surface area (Å²) in [5.74, 6) is -1.32. The number of amides is 2. The van der Waals surface area contributed by atoms with Crippen molar-refractivity contribution in [3.63, 3.8) is 0 Å². The average Bonchev–Trinajstić information content (AvgIpc) is 2.86. The number of hydrogen-bond donors (Lipinski definition) is 0. The minimum Gasteiger partial charge on any atom is -0.288 e. The Labute approximate surface area is 145 Å². The predicted octanol–water partition coefficient (Wildman–Crippen LogP) is 3.76. The molecule has 2 amide bonds. The monoisotopic (exact) mass is 389 g/mol. The van der Waals surface area contributed by atoms with Gasteiger partial charge in [0.25, 0.3) is 11.8 Å². The van der Waals surface area contributed by atoms with E-state index < -0.39 is 11.8 Å². The van der Waals surface area contributed by atoms with Crippen LogP contribution in [0.3, 0.4) is 0 Å². The number of hydrogen-bond acceptors (Lipinski definition) is 3. The van der Waals surface area contributed by atoms with Gasteiger partial charge in [0.05, 0.1) is 10.7 Å². The van der Waals surface area contributed by atoms with E-state index in [0.29, 0.717) is 15.1 Å². The topological polar surface area (TPSA) is 54.5 Å². The van der Waals surface area contributed by atoms with Gasteiger partial charge in [-0.15, -0.1) is 0 Å². The number of imide groups is 1. The zero-order valence-electron chi connectivity index (χ0n) is 11.6. The van der Waals surface area contributed by atoms with Crippen molar-refractivity contribution in [3.05, 3.63) is 75.2 Å². The molecule has 1 aliphatic rings. The van der Waals surface area contributed by atoms with Crippen molar-refractivity contribution in [2.45, 2.75) is 0 Å². The van der Waals surface area contributed by atoms with Gasteiger partial charge in [0.2, 0.25) is 0 Å². The molecule has 3 rings (SSSR count). The molecule has 4 nitrogen and oxygen atoms in total. The van der Waals surface area contributed by atoms with Crippen molar-refractivity contribution < 1.29 is 14.4 Å². The SMILES string of the molecule is O=C(c1ccccc1Cl)c1cc(Br)ccc1N1C(=O)C=CC1=O. The highest BCUT2D eigenvalue weighted by molar-refractivity contribution is 9.10. The minimum absolute atomic E-state index is 0.220. The first kappa shape index (κ1) is 15.6. The molecular weight excluding hydrogens is 382 g/mol. The van der Waals surface area contributed by atoms with E-state index in [0.717, 1.165) is 4.90 Å². The maximum absolute atomic E-state index is 12.8. The molecule has 0 aliphatic carbocycles. The van der Waals surface area contributed by atoms with Gasteiger partial charge in [-0.25, -0.2) is 4.90 Å². The van der Waals surface area contributed by atoms with E-state index in [1.165, 1.54) is 12.2 Å². The molecule has 0 saturated heterocycles. The first-order chi connectivity index (χ1) is 11.0. The third kappa shape index (κ3) is 2.85. The first-order valence-electron chi connectivity index (χ1n) is 6.64. The lowest BCUT2D eigenvalue weighted by atomic mass is 10.0. The first-order valence-corrected chi connectivity index (χ1v) is 7.81. The van der Waals surface area contributed by atoms with Gasteiger partial charge in [0.15, 0.2) is 5.78 Å². The lowest BCUT2D eigenvalue weighted by molar-refractivity contribution is -0.119. The normalized spacial score (nSPS) is 13.7. The number of anilines is 1. The van der Waals surface area contributed by atoms with E-state index in [1.54, 1.807) is 42.5 Å². The van der Waals surface area contributed by atoms with Crippen LogP contribution in [-0.2, 0) is 9.59 Å². The summed E-state index contributed by atoms with van der Waals surface area (Å²) in [6, 6.07) is 11.4. The van der Waals surface area contributed by atoms with Crippen molar-refractivity contribution in [1.82, 2.24) is 0 Å². The molecule has 0 atom stereocenters. The molecule has 2 aromatic carbocycles. The Hall–Kier alpha value is -2.24. The maximum Gasteiger partial charge on any atom is 0.258 e. The van der Waals surface area contributed by atoms with Gasteiger partial charge < -0.3 is 0 Å². The van der Waals surface area contributed by atoms with Gasteiger partial charge in [-0.1, -0.05) is 39.7 Å². The lowest BCUT2D eigenvalue weighted by Crippen LogP contribution is -2.31. The van der Waals surface area contributed by atoms with E-state index in [-0.39, 0.29) is 17.0 Å². The van der Waals surface area contributed by atoms with E-state index in [9.17, 15) is 14.4 Å². The molecule has 0 N–H and O–H groups in total. The molecule has 0 saturated carbocycles. The standard InChI is InChI=1S/C17H9BrClNO3/c18-10-5-6-14(20-15(21)7-8-16(20)22)12(9-10)17(23)11-3-1-2-4-13(11)19/h1-9H. The Morgan fingerprint density at radius 2 is 1.61 bits per heavy atom. The number of ketones is 1. The molecule has 0 spiro atoms. The predicted molar refractivity (Wildman–Crippen MR) is 90.7 cm³/mol. The molecule has 0 aromatic heterocycles. The Morgan fingerprint density at radius 3 is 2.26 bits per heavy atom. The number of nitrogens with zero attached hydrogens (tertiary/aromatic N) is 1. The van der Waals surface area contributed by atoms with Crippen LogP contribution in [0.4, 0.5) is 5.69 Å². The lowest BCUT2D eigenvalue weighted by Gasteiger charge is -2.18. The number of benzene rings is 2. The van der Waals surface area contributed by atoms with Crippen LogP contribution in [0.1, 0.15) is 15.9 Å². The molecular formula is C17H9BrClNO3. The highest BCUT2D eigenvalue weighted by atomic mass is 79.9. The smallest absolute Gasteiger partial charge is 0.258 e. The third-order valence-corrected chi connectivity index (χ3v) is 4.19. The number of carbonyl (C=O) groups excluding carboxylic acids is 3. The quantitative estimate of drug-likeness (QED) is 0.592. The Balaban J connectivity index is 2.14. The summed E-state index contributed by atoms with van der Waals surface area (Å²) < 4.78 is 0.656. The summed E-state index contributed by atoms with van der Waals surface area (Å²) in [6.45, 7) is 0. The molecule has 0 fully saturated rings. The Morgan fingerprint density at radius 1 is 0.957 bits per heavy atom. The molecule has 114 valence electrons. The van der Waals surface area contributed by atoms with Gasteiger partial charge in [0.1, 0.15) is 0 Å². The van der Waals surface area contributed by atoms with Gasteiger partial charge in [0, 0.05) is 27.8 Å². The zero-order chi connectivity index (χ0) is 16.6. The summed E-state index contributed by atoms with van der Waals surface area (Å²) in [7, 11) is 0. The van der Waals surface area contributed by atoms with Crippen molar-refractivity contribution in [2.75, 3.05) is 4.90 Å². The van der Waals surface area contributed by atoms with E-state index in [2.05, 4.69) is 15.9 Å². The van der Waals surface area contributed by atoms with Gasteiger partial charge >= 0.3 is 0 Å². The highest BCUT2D eigenvalue weighted by Crippen LogP contribution is 2.30. The summed E-state index contributed by atoms with van der Waals surface area (Å²) in [5.41, 5.74) is 0.761. The van der Waals surface area contributed by atoms with Crippen LogP contribution in [-0.4, -0.2) is 17.6 Å². The van der Waals surface area contributed by atoms with Crippen LogP contribution in [0.25, 0.3) is 0 Å². The van der Waals surface area contributed by atoms with Crippen LogP contribution >= 0.6 is 27.5 Å². The van der Waals surface area contributed by atoms with Crippen LogP contribution in [0.2, 0.25) is 5.02 Å². The fraction of sp³-hybridized carbons (Fsp3) is 0. The van der Waals surface area contributed by atoms with E-state index in [1.807, 2.05) is 0 Å². The largest absolute Gasteiger partial charge is 0.288 e. The van der Waals surface area contributed by atoms with E-state index in [4.69, 9.17) is 11.6 Å². The summed E-state index contributed by atoms with van der Waals surface area (Å²) >= 11 is 9.39. The summed E-state index contributed by atoms with van der Waals surface area (Å²) in [5, 5.41) is 0.306. The number of carbonyl (C=O) groups is 3. The van der Waals surface area contributed by atoms with Crippen molar-refractivity contribution >= 4 is 50.8 Å². The molecule has 2 aromatic rings. The van der Waals surface area contributed by atoms with Gasteiger partial charge in [-0.3, -0.25) is 14.4 Å². The van der Waals surface area contributed by atoms with Crippen LogP contribution < -0.4 is 4.90 Å². The van der Waals surface area contributed by atoms with Crippen LogP contribution in [0.5, 0.6) is 0 Å². The van der Waals surface area contributed by atoms with Crippen molar-refractivity contribution in [1.29, 1.82) is 0 Å². The second kappa shape index (κ2) is 6.10. The number of rotatable bonds is 3.